The van der Waals surface area contributed by atoms with Crippen LogP contribution in [0.2, 0.25) is 0 Å². The number of aromatic nitrogens is 3. The van der Waals surface area contributed by atoms with Crippen LogP contribution in [0.25, 0.3) is 27.5 Å². The molecule has 270 valence electrons. The lowest BCUT2D eigenvalue weighted by Crippen LogP contribution is -2.44. The van der Waals surface area contributed by atoms with Crippen LogP contribution in [0.15, 0.2) is 136 Å². The fourth-order valence-corrected chi connectivity index (χ4v) is 8.05. The predicted molar refractivity (Wildman–Crippen MR) is 214 cm³/mol. The van der Waals surface area contributed by atoms with Crippen molar-refractivity contribution < 1.29 is 9.90 Å². The van der Waals surface area contributed by atoms with Gasteiger partial charge >= 0.3 is 5.69 Å². The van der Waals surface area contributed by atoms with Crippen molar-refractivity contribution in [1.82, 2.24) is 18.6 Å². The summed E-state index contributed by atoms with van der Waals surface area (Å²) in [6, 6.07) is 39.3. The van der Waals surface area contributed by atoms with Gasteiger partial charge in [-0.15, -0.1) is 0 Å². The highest BCUT2D eigenvalue weighted by molar-refractivity contribution is 6.08. The Morgan fingerprint density at radius 2 is 1.44 bits per heavy atom. The maximum atomic E-state index is 14.5. The van der Waals surface area contributed by atoms with E-state index < -0.39 is 23.2 Å². The van der Waals surface area contributed by atoms with Gasteiger partial charge in [0.2, 0.25) is 5.88 Å². The van der Waals surface area contributed by atoms with E-state index in [-0.39, 0.29) is 23.9 Å². The van der Waals surface area contributed by atoms with Crippen molar-refractivity contribution in [2.45, 2.75) is 32.2 Å². The Bertz CT molecular complexity index is 2720. The first-order valence-electron chi connectivity index (χ1n) is 18.2. The summed E-state index contributed by atoms with van der Waals surface area (Å²) in [5.41, 5.74) is 6.16. The second-order valence-electron chi connectivity index (χ2n) is 14.2. The monoisotopic (exact) mass is 715 g/mol. The number of aliphatic imine (C=N–C) groups is 1. The molecule has 0 saturated carbocycles. The van der Waals surface area contributed by atoms with Crippen LogP contribution in [0.5, 0.6) is 5.88 Å². The topological polar surface area (TPSA) is 102 Å². The van der Waals surface area contributed by atoms with Crippen molar-refractivity contribution in [3.63, 3.8) is 0 Å². The van der Waals surface area contributed by atoms with Gasteiger partial charge in [0.25, 0.3) is 11.5 Å². The Labute approximate surface area is 312 Å². The maximum absolute atomic E-state index is 14.5. The largest absolute Gasteiger partial charge is 0.494 e. The fourth-order valence-electron chi connectivity index (χ4n) is 8.05. The van der Waals surface area contributed by atoms with Crippen molar-refractivity contribution in [3.05, 3.63) is 176 Å². The third-order valence-corrected chi connectivity index (χ3v) is 10.9. The zero-order valence-corrected chi connectivity index (χ0v) is 30.7. The van der Waals surface area contributed by atoms with Crippen LogP contribution in [0.4, 0.5) is 0 Å². The molecule has 0 unspecified atom stereocenters. The van der Waals surface area contributed by atoms with E-state index in [4.69, 9.17) is 4.99 Å². The Morgan fingerprint density at radius 3 is 2.22 bits per heavy atom. The number of rotatable bonds is 8. The lowest BCUT2D eigenvalue weighted by Gasteiger charge is -2.42. The van der Waals surface area contributed by atoms with Gasteiger partial charge in [0.05, 0.1) is 11.7 Å². The smallest absolute Gasteiger partial charge is 0.338 e. The fraction of sp³-hybridized carbons (Fsp3) is 0.200. The molecule has 1 N–H and O–H groups in total. The third-order valence-electron chi connectivity index (χ3n) is 10.9. The number of benzene rings is 5. The molecule has 0 bridgehead atoms. The van der Waals surface area contributed by atoms with Gasteiger partial charge < -0.3 is 14.6 Å². The number of hydrogen-bond acceptors (Lipinski definition) is 5. The van der Waals surface area contributed by atoms with E-state index in [0.29, 0.717) is 29.9 Å². The molecule has 1 aliphatic rings. The van der Waals surface area contributed by atoms with Crippen LogP contribution < -0.4 is 11.2 Å². The minimum atomic E-state index is -0.657. The minimum Gasteiger partial charge on any atom is -0.494 e. The van der Waals surface area contributed by atoms with Crippen molar-refractivity contribution in [2.75, 3.05) is 13.1 Å². The van der Waals surface area contributed by atoms with Crippen LogP contribution in [0.3, 0.4) is 0 Å². The summed E-state index contributed by atoms with van der Waals surface area (Å²) in [6.45, 7) is 4.31. The second-order valence-corrected chi connectivity index (χ2v) is 14.2. The quantitative estimate of drug-likeness (QED) is 0.168. The average molecular weight is 716 g/mol. The molecular formula is C45H41N5O4. The van der Waals surface area contributed by atoms with E-state index in [9.17, 15) is 19.5 Å². The van der Waals surface area contributed by atoms with Crippen LogP contribution in [-0.4, -0.2) is 48.4 Å². The average Bonchev–Trinajstić information content (AvgIpc) is 3.48. The molecule has 7 aromatic rings. The molecule has 9 heteroatoms. The SMILES string of the molecule is CC(=NC[C@@H]1c2ccccc2C(=O)N(CCc2ccccc2)[C@@H]1c1ccc2c(c1)c1ccccc1n2C)c1c(O)n(C)c(=O)n(-c2ccc(C)cc2)c1=O. The molecule has 2 atom stereocenters. The molecule has 3 heterocycles. The molecule has 54 heavy (non-hydrogen) atoms. The van der Waals surface area contributed by atoms with Crippen LogP contribution >= 0.6 is 0 Å². The molecule has 0 aliphatic carbocycles. The first-order chi connectivity index (χ1) is 26.1. The van der Waals surface area contributed by atoms with E-state index in [2.05, 4.69) is 54.1 Å². The summed E-state index contributed by atoms with van der Waals surface area (Å²) in [5.74, 6) is -0.791. The van der Waals surface area contributed by atoms with Crippen LogP contribution in [-0.2, 0) is 20.5 Å². The van der Waals surface area contributed by atoms with Crippen molar-refractivity contribution in [2.24, 2.45) is 19.1 Å². The zero-order valence-electron chi connectivity index (χ0n) is 30.7. The molecule has 1 amide bonds. The third kappa shape index (κ3) is 5.82. The number of aromatic hydroxyl groups is 1. The summed E-state index contributed by atoms with van der Waals surface area (Å²) < 4.78 is 4.32. The van der Waals surface area contributed by atoms with Gasteiger partial charge in [-0.2, -0.15) is 0 Å². The number of carbonyl (C=O) groups excluding carboxylic acids is 1. The lowest BCUT2D eigenvalue weighted by atomic mass is 9.79. The Hall–Kier alpha value is -6.48. The highest BCUT2D eigenvalue weighted by Crippen LogP contribution is 2.44. The van der Waals surface area contributed by atoms with Crippen molar-refractivity contribution in [3.8, 4) is 11.6 Å². The molecular weight excluding hydrogens is 675 g/mol. The molecule has 0 saturated heterocycles. The molecule has 1 aliphatic heterocycles. The van der Waals surface area contributed by atoms with Gasteiger partial charge in [-0.3, -0.25) is 19.1 Å². The summed E-state index contributed by atoms with van der Waals surface area (Å²) in [4.78, 5) is 48.9. The van der Waals surface area contributed by atoms with E-state index in [1.165, 1.54) is 7.05 Å². The van der Waals surface area contributed by atoms with Gasteiger partial charge in [-0.25, -0.2) is 9.36 Å². The first-order valence-corrected chi connectivity index (χ1v) is 18.2. The van der Waals surface area contributed by atoms with Gasteiger partial charge in [0.15, 0.2) is 0 Å². The summed E-state index contributed by atoms with van der Waals surface area (Å²) in [6.07, 6.45) is 0.668. The molecule has 8 rings (SSSR count). The molecule has 9 nitrogen and oxygen atoms in total. The normalized spacial score (nSPS) is 16.0. The second kappa shape index (κ2) is 13.8. The van der Waals surface area contributed by atoms with E-state index in [1.807, 2.05) is 78.6 Å². The summed E-state index contributed by atoms with van der Waals surface area (Å²) >= 11 is 0. The Balaban J connectivity index is 1.28. The van der Waals surface area contributed by atoms with Crippen molar-refractivity contribution in [1.29, 1.82) is 0 Å². The van der Waals surface area contributed by atoms with Gasteiger partial charge in [0.1, 0.15) is 5.56 Å². The van der Waals surface area contributed by atoms with Gasteiger partial charge in [-0.05, 0) is 73.4 Å². The lowest BCUT2D eigenvalue weighted by molar-refractivity contribution is 0.0614. The number of para-hydroxylation sites is 1. The highest BCUT2D eigenvalue weighted by atomic mass is 16.3. The van der Waals surface area contributed by atoms with E-state index >= 15 is 0 Å². The predicted octanol–water partition coefficient (Wildman–Crippen LogP) is 7.23. The Morgan fingerprint density at radius 1 is 0.759 bits per heavy atom. The minimum absolute atomic E-state index is 0.0433. The molecule has 2 aromatic heterocycles. The van der Waals surface area contributed by atoms with Gasteiger partial charge in [-0.1, -0.05) is 90.5 Å². The number of amides is 1. The molecule has 5 aromatic carbocycles. The highest BCUT2D eigenvalue weighted by Gasteiger charge is 2.40. The molecule has 0 radical (unpaired) electrons. The zero-order chi connectivity index (χ0) is 37.7. The van der Waals surface area contributed by atoms with Crippen molar-refractivity contribution >= 4 is 33.4 Å². The van der Waals surface area contributed by atoms with Crippen LogP contribution in [0.1, 0.15) is 57.1 Å². The van der Waals surface area contributed by atoms with E-state index in [0.717, 1.165) is 53.2 Å². The maximum Gasteiger partial charge on any atom is 0.338 e. The van der Waals surface area contributed by atoms with Crippen LogP contribution in [0, 0.1) is 6.92 Å². The van der Waals surface area contributed by atoms with E-state index in [1.54, 1.807) is 19.1 Å². The summed E-state index contributed by atoms with van der Waals surface area (Å²) in [5, 5.41) is 13.5. The standard InChI is InChI=1S/C45H41N5O4/c1-28-18-21-32(22-19-28)50-44(53)40(43(52)48(4)45(50)54)29(2)46-27-37-33-14-8-9-16-35(33)42(51)49(25-24-30-12-6-5-7-13-30)41(37)31-20-23-39-36(26-31)34-15-10-11-17-38(34)47(39)3/h5-23,26,37,41,52H,24-25,27H2,1-4H3/t37-,41-/m1/s1. The number of nitrogens with zero attached hydrogens (tertiary/aromatic N) is 5. The number of fused-ring (bicyclic) bond motifs is 4. The molecule has 0 fully saturated rings. The summed E-state index contributed by atoms with van der Waals surface area (Å²) in [7, 11) is 3.50. The number of hydrogen-bond donors (Lipinski definition) is 1. The number of carbonyl (C=O) groups is 1. The number of aryl methyl sites for hydroxylation is 2. The Kier molecular flexibility index (Phi) is 8.85. The molecule has 0 spiro atoms. The first kappa shape index (κ1) is 34.6. The van der Waals surface area contributed by atoms with Gasteiger partial charge in [0, 0.05) is 66.2 Å².